The number of carboxylic acids is 1. The molecule has 0 aliphatic carbocycles. The number of nitro groups is 1. The number of H-pyrrole nitrogens is 2. The molecule has 2 heterocycles. The Morgan fingerprint density at radius 3 is 2.63 bits per heavy atom. The van der Waals surface area contributed by atoms with Crippen molar-refractivity contribution in [1.82, 2.24) is 15.2 Å². The molecule has 0 unspecified atom stereocenters. The molecule has 0 bridgehead atoms. The Balaban J connectivity index is 2.11. The zero-order valence-corrected chi connectivity index (χ0v) is 9.21. The lowest BCUT2D eigenvalue weighted by Gasteiger charge is -1.97. The average molecular weight is 265 g/mol. The summed E-state index contributed by atoms with van der Waals surface area (Å²) >= 11 is 0. The van der Waals surface area contributed by atoms with Crippen LogP contribution in [0.3, 0.4) is 0 Å². The van der Waals surface area contributed by atoms with Gasteiger partial charge in [-0.25, -0.2) is 4.79 Å². The molecule has 0 spiro atoms. The van der Waals surface area contributed by atoms with Crippen LogP contribution in [0.4, 0.5) is 11.5 Å². The summed E-state index contributed by atoms with van der Waals surface area (Å²) < 4.78 is 0. The summed E-state index contributed by atoms with van der Waals surface area (Å²) in [4.78, 5) is 34.5. The standard InChI is InChI=1S/C9H7N5O5/c15-8(5-1-4(3-10-5)14(18)19)11-7-2-6(9(16)17)12-13-7/h1-3,10H,(H,16,17)(H2,11,12,13,15). The van der Waals surface area contributed by atoms with E-state index in [1.54, 1.807) is 0 Å². The summed E-state index contributed by atoms with van der Waals surface area (Å²) in [5.41, 5.74) is -0.474. The number of hydrogen-bond donors (Lipinski definition) is 4. The predicted molar refractivity (Wildman–Crippen MR) is 60.9 cm³/mol. The van der Waals surface area contributed by atoms with Crippen molar-refractivity contribution in [2.45, 2.75) is 0 Å². The quantitative estimate of drug-likeness (QED) is 0.468. The van der Waals surface area contributed by atoms with Gasteiger partial charge in [-0.05, 0) is 0 Å². The minimum absolute atomic E-state index is 0.000321. The van der Waals surface area contributed by atoms with Gasteiger partial charge in [0.25, 0.3) is 11.6 Å². The van der Waals surface area contributed by atoms with Crippen LogP contribution >= 0.6 is 0 Å². The molecule has 2 aromatic rings. The first-order valence-electron chi connectivity index (χ1n) is 4.90. The van der Waals surface area contributed by atoms with Gasteiger partial charge in [0, 0.05) is 12.1 Å². The number of hydrogen-bond acceptors (Lipinski definition) is 5. The van der Waals surface area contributed by atoms with Crippen molar-refractivity contribution in [3.05, 3.63) is 39.8 Å². The van der Waals surface area contributed by atoms with Crippen LogP contribution in [0.1, 0.15) is 21.0 Å². The Bertz CT molecular complexity index is 658. The van der Waals surface area contributed by atoms with Crippen molar-refractivity contribution in [2.24, 2.45) is 0 Å². The summed E-state index contributed by atoms with van der Waals surface area (Å²) in [6.07, 6.45) is 1.07. The van der Waals surface area contributed by atoms with Gasteiger partial charge in [-0.3, -0.25) is 20.0 Å². The molecule has 0 atom stereocenters. The number of aromatic nitrogens is 3. The van der Waals surface area contributed by atoms with Crippen LogP contribution in [0.5, 0.6) is 0 Å². The molecule has 10 nitrogen and oxygen atoms in total. The van der Waals surface area contributed by atoms with Crippen molar-refractivity contribution in [1.29, 1.82) is 0 Å². The van der Waals surface area contributed by atoms with Gasteiger partial charge in [-0.15, -0.1) is 0 Å². The minimum Gasteiger partial charge on any atom is -0.477 e. The summed E-state index contributed by atoms with van der Waals surface area (Å²) in [5.74, 6) is -1.89. The van der Waals surface area contributed by atoms with Gasteiger partial charge in [0.2, 0.25) is 0 Å². The van der Waals surface area contributed by atoms with Gasteiger partial charge in [-0.2, -0.15) is 5.10 Å². The van der Waals surface area contributed by atoms with Crippen LogP contribution in [-0.2, 0) is 0 Å². The number of amides is 1. The summed E-state index contributed by atoms with van der Waals surface area (Å²) in [6.45, 7) is 0. The zero-order chi connectivity index (χ0) is 14.0. The second-order valence-corrected chi connectivity index (χ2v) is 3.45. The minimum atomic E-state index is -1.22. The number of carboxylic acid groups (broad SMARTS) is 1. The second-order valence-electron chi connectivity index (χ2n) is 3.45. The average Bonchev–Trinajstić information content (AvgIpc) is 2.96. The van der Waals surface area contributed by atoms with E-state index in [0.29, 0.717) is 0 Å². The highest BCUT2D eigenvalue weighted by Crippen LogP contribution is 2.13. The third-order valence-electron chi connectivity index (χ3n) is 2.17. The van der Waals surface area contributed by atoms with Crippen LogP contribution in [-0.4, -0.2) is 37.1 Å². The summed E-state index contributed by atoms with van der Waals surface area (Å²) in [6, 6.07) is 2.18. The molecule has 1 amide bonds. The second kappa shape index (κ2) is 4.60. The van der Waals surface area contributed by atoms with E-state index in [4.69, 9.17) is 5.11 Å². The smallest absolute Gasteiger partial charge is 0.353 e. The van der Waals surface area contributed by atoms with Gasteiger partial charge >= 0.3 is 5.97 Å². The molecule has 10 heteroatoms. The van der Waals surface area contributed by atoms with Crippen molar-refractivity contribution < 1.29 is 19.6 Å². The third-order valence-corrected chi connectivity index (χ3v) is 2.17. The van der Waals surface area contributed by atoms with Crippen molar-refractivity contribution >= 4 is 23.4 Å². The maximum atomic E-state index is 11.7. The third kappa shape index (κ3) is 2.57. The normalized spacial score (nSPS) is 10.1. The fourth-order valence-corrected chi connectivity index (χ4v) is 1.30. The van der Waals surface area contributed by atoms with Gasteiger partial charge < -0.3 is 15.4 Å². The summed E-state index contributed by atoms with van der Waals surface area (Å²) in [5, 5.41) is 27.1. The van der Waals surface area contributed by atoms with E-state index in [2.05, 4.69) is 20.5 Å². The van der Waals surface area contributed by atoms with Crippen LogP contribution < -0.4 is 5.32 Å². The number of aromatic amines is 2. The van der Waals surface area contributed by atoms with E-state index in [-0.39, 0.29) is 22.9 Å². The number of carbonyl (C=O) groups is 2. The molecule has 0 radical (unpaired) electrons. The maximum absolute atomic E-state index is 11.7. The lowest BCUT2D eigenvalue weighted by molar-refractivity contribution is -0.384. The number of nitrogens with zero attached hydrogens (tertiary/aromatic N) is 2. The number of rotatable bonds is 4. The van der Waals surface area contributed by atoms with E-state index in [0.717, 1.165) is 18.3 Å². The fraction of sp³-hybridized carbons (Fsp3) is 0. The van der Waals surface area contributed by atoms with E-state index >= 15 is 0 Å². The van der Waals surface area contributed by atoms with Crippen LogP contribution in [0, 0.1) is 10.1 Å². The molecule has 0 aliphatic rings. The molecular formula is C9H7N5O5. The Kier molecular flexibility index (Phi) is 2.98. The lowest BCUT2D eigenvalue weighted by Crippen LogP contribution is -2.12. The molecule has 4 N–H and O–H groups in total. The number of aromatic carboxylic acids is 1. The number of anilines is 1. The molecule has 98 valence electrons. The Morgan fingerprint density at radius 1 is 1.37 bits per heavy atom. The summed E-state index contributed by atoms with van der Waals surface area (Å²) in [7, 11) is 0. The number of carbonyl (C=O) groups excluding carboxylic acids is 1. The largest absolute Gasteiger partial charge is 0.477 e. The van der Waals surface area contributed by atoms with Gasteiger partial charge in [0.05, 0.1) is 11.1 Å². The van der Waals surface area contributed by atoms with Crippen molar-refractivity contribution in [2.75, 3.05) is 5.32 Å². The van der Waals surface area contributed by atoms with E-state index < -0.39 is 16.8 Å². The molecule has 2 rings (SSSR count). The molecule has 0 fully saturated rings. The van der Waals surface area contributed by atoms with E-state index in [9.17, 15) is 19.7 Å². The molecular weight excluding hydrogens is 258 g/mol. The Labute approximate surface area is 104 Å². The molecule has 2 aromatic heterocycles. The first-order valence-corrected chi connectivity index (χ1v) is 4.90. The maximum Gasteiger partial charge on any atom is 0.353 e. The SMILES string of the molecule is O=C(O)c1cc(NC(=O)c2cc([N+](=O)[O-])c[nH]2)n[nH]1. The Hall–Kier alpha value is -3.17. The molecule has 0 aliphatic heterocycles. The molecule has 19 heavy (non-hydrogen) atoms. The molecule has 0 saturated heterocycles. The predicted octanol–water partition coefficient (Wildman–Crippen LogP) is 0.596. The fourth-order valence-electron chi connectivity index (χ4n) is 1.30. The monoisotopic (exact) mass is 265 g/mol. The zero-order valence-electron chi connectivity index (χ0n) is 9.21. The van der Waals surface area contributed by atoms with Crippen molar-refractivity contribution in [3.63, 3.8) is 0 Å². The first-order chi connectivity index (χ1) is 8.97. The number of nitrogens with one attached hydrogen (secondary N) is 3. The van der Waals surface area contributed by atoms with E-state index in [1.807, 2.05) is 0 Å². The van der Waals surface area contributed by atoms with Crippen LogP contribution in [0.2, 0.25) is 0 Å². The van der Waals surface area contributed by atoms with E-state index in [1.165, 1.54) is 0 Å². The van der Waals surface area contributed by atoms with Crippen molar-refractivity contribution in [3.8, 4) is 0 Å². The van der Waals surface area contributed by atoms with Crippen LogP contribution in [0.15, 0.2) is 18.3 Å². The molecule has 0 saturated carbocycles. The highest BCUT2D eigenvalue weighted by Gasteiger charge is 2.16. The Morgan fingerprint density at radius 2 is 2.11 bits per heavy atom. The highest BCUT2D eigenvalue weighted by atomic mass is 16.6. The molecule has 0 aromatic carbocycles. The topological polar surface area (TPSA) is 154 Å². The van der Waals surface area contributed by atoms with Gasteiger partial charge in [0.1, 0.15) is 11.4 Å². The van der Waals surface area contributed by atoms with Crippen LogP contribution in [0.25, 0.3) is 0 Å². The highest BCUT2D eigenvalue weighted by molar-refractivity contribution is 6.03. The van der Waals surface area contributed by atoms with Gasteiger partial charge in [0.15, 0.2) is 5.82 Å². The lowest BCUT2D eigenvalue weighted by atomic mass is 10.3. The first kappa shape index (κ1) is 12.3. The van der Waals surface area contributed by atoms with Gasteiger partial charge in [-0.1, -0.05) is 0 Å².